The average molecular weight is 305 g/mol. The molecule has 0 spiro atoms. The third-order valence-electron chi connectivity index (χ3n) is 3.44. The van der Waals surface area contributed by atoms with Crippen LogP contribution in [0.25, 0.3) is 5.65 Å². The highest BCUT2D eigenvalue weighted by Gasteiger charge is 2.33. The number of nitrogens with one attached hydrogen (secondary N) is 1. The smallest absolute Gasteiger partial charge is 0.379 e. The minimum Gasteiger partial charge on any atom is -0.379 e. The van der Waals surface area contributed by atoms with Crippen molar-refractivity contribution in [2.45, 2.75) is 19.6 Å². The predicted octanol–water partition coefficient (Wildman–Crippen LogP) is 4.27. The molecule has 0 fully saturated rings. The molecule has 0 aliphatic rings. The van der Waals surface area contributed by atoms with Gasteiger partial charge in [0.2, 0.25) is 0 Å². The predicted molar refractivity (Wildman–Crippen MR) is 78.7 cm³/mol. The molecule has 0 amide bonds. The van der Waals surface area contributed by atoms with Crippen molar-refractivity contribution in [1.29, 1.82) is 0 Å². The van der Waals surface area contributed by atoms with Gasteiger partial charge >= 0.3 is 6.18 Å². The summed E-state index contributed by atoms with van der Waals surface area (Å²) in [7, 11) is 0. The number of rotatable bonds is 3. The Morgan fingerprint density at radius 2 is 1.86 bits per heavy atom. The second-order valence-electron chi connectivity index (χ2n) is 5.02. The summed E-state index contributed by atoms with van der Waals surface area (Å²) < 4.78 is 40.7. The first-order valence-corrected chi connectivity index (χ1v) is 6.79. The molecule has 114 valence electrons. The minimum absolute atomic E-state index is 0.0591. The summed E-state index contributed by atoms with van der Waals surface area (Å²) in [6.07, 6.45) is -2.55. The summed E-state index contributed by atoms with van der Waals surface area (Å²) in [4.78, 5) is 4.40. The molecule has 0 atom stereocenters. The van der Waals surface area contributed by atoms with Crippen molar-refractivity contribution in [1.82, 2.24) is 9.38 Å². The third kappa shape index (κ3) is 2.77. The molecule has 1 aromatic carbocycles. The zero-order valence-electron chi connectivity index (χ0n) is 11.9. The molecular formula is C16H14F3N3. The van der Waals surface area contributed by atoms with E-state index in [0.717, 1.165) is 17.4 Å². The monoisotopic (exact) mass is 305 g/mol. The van der Waals surface area contributed by atoms with E-state index < -0.39 is 11.7 Å². The van der Waals surface area contributed by atoms with Crippen molar-refractivity contribution in [3.05, 3.63) is 65.6 Å². The van der Waals surface area contributed by atoms with Gasteiger partial charge in [0.1, 0.15) is 5.65 Å². The fourth-order valence-electron chi connectivity index (χ4n) is 2.35. The number of nitrogens with zero attached hydrogens (tertiary/aromatic N) is 2. The van der Waals surface area contributed by atoms with Gasteiger partial charge in [0.15, 0.2) is 0 Å². The maximum absolute atomic E-state index is 12.9. The van der Waals surface area contributed by atoms with Crippen LogP contribution in [0.1, 0.15) is 17.0 Å². The fraction of sp³-hybridized carbons (Fsp3) is 0.188. The number of hydrogen-bond donors (Lipinski definition) is 1. The quantitative estimate of drug-likeness (QED) is 0.783. The Labute approximate surface area is 125 Å². The van der Waals surface area contributed by atoms with Crippen molar-refractivity contribution in [3.63, 3.8) is 0 Å². The molecule has 2 aromatic heterocycles. The van der Waals surface area contributed by atoms with E-state index in [0.29, 0.717) is 5.69 Å². The summed E-state index contributed by atoms with van der Waals surface area (Å²) in [6.45, 7) is 2.18. The van der Waals surface area contributed by atoms with Gasteiger partial charge in [-0.15, -0.1) is 0 Å². The average Bonchev–Trinajstić information content (AvgIpc) is 2.89. The molecule has 0 saturated heterocycles. The van der Waals surface area contributed by atoms with Crippen molar-refractivity contribution in [2.75, 3.05) is 5.32 Å². The molecular weight excluding hydrogens is 291 g/mol. The lowest BCUT2D eigenvalue weighted by molar-refractivity contribution is -0.136. The van der Waals surface area contributed by atoms with Gasteiger partial charge in [0.05, 0.1) is 17.8 Å². The van der Waals surface area contributed by atoms with Crippen molar-refractivity contribution < 1.29 is 13.2 Å². The van der Waals surface area contributed by atoms with Gasteiger partial charge in [0.25, 0.3) is 0 Å². The number of benzene rings is 1. The second-order valence-corrected chi connectivity index (χ2v) is 5.02. The van der Waals surface area contributed by atoms with E-state index in [4.69, 9.17) is 0 Å². The van der Waals surface area contributed by atoms with Crippen LogP contribution in [0, 0.1) is 6.92 Å². The highest BCUT2D eigenvalue weighted by molar-refractivity contribution is 5.53. The molecule has 3 aromatic rings. The summed E-state index contributed by atoms with van der Waals surface area (Å²) >= 11 is 0. The number of hydrogen-bond acceptors (Lipinski definition) is 2. The molecule has 3 rings (SSSR count). The van der Waals surface area contributed by atoms with Gasteiger partial charge in [-0.1, -0.05) is 18.2 Å². The summed E-state index contributed by atoms with van der Waals surface area (Å²) in [5.74, 6) is 0. The Hall–Kier alpha value is -2.50. The molecule has 2 heterocycles. The van der Waals surface area contributed by atoms with Crippen LogP contribution in [0.4, 0.5) is 18.9 Å². The minimum atomic E-state index is -4.38. The van der Waals surface area contributed by atoms with Crippen LogP contribution in [-0.2, 0) is 12.7 Å². The van der Waals surface area contributed by atoms with Crippen LogP contribution >= 0.6 is 0 Å². The van der Waals surface area contributed by atoms with E-state index in [1.807, 2.05) is 35.7 Å². The van der Waals surface area contributed by atoms with Crippen LogP contribution in [-0.4, -0.2) is 9.38 Å². The highest BCUT2D eigenvalue weighted by atomic mass is 19.4. The van der Waals surface area contributed by atoms with Gasteiger partial charge in [-0.25, -0.2) is 4.98 Å². The first-order valence-electron chi connectivity index (χ1n) is 6.79. The van der Waals surface area contributed by atoms with Gasteiger partial charge < -0.3 is 9.72 Å². The number of alkyl halides is 3. The third-order valence-corrected chi connectivity index (χ3v) is 3.44. The Kier molecular flexibility index (Phi) is 3.52. The molecule has 0 bridgehead atoms. The van der Waals surface area contributed by atoms with Gasteiger partial charge in [-0.05, 0) is 31.2 Å². The van der Waals surface area contributed by atoms with Gasteiger partial charge in [-0.3, -0.25) is 0 Å². The Morgan fingerprint density at radius 1 is 1.09 bits per heavy atom. The lowest BCUT2D eigenvalue weighted by Gasteiger charge is -2.13. The van der Waals surface area contributed by atoms with Crippen molar-refractivity contribution >= 4 is 11.3 Å². The van der Waals surface area contributed by atoms with Crippen LogP contribution < -0.4 is 5.32 Å². The van der Waals surface area contributed by atoms with Crippen molar-refractivity contribution in [2.24, 2.45) is 0 Å². The van der Waals surface area contributed by atoms with Gasteiger partial charge in [0, 0.05) is 17.6 Å². The normalized spacial score (nSPS) is 11.8. The number of fused-ring (bicyclic) bond motifs is 1. The molecule has 0 aliphatic heterocycles. The van der Waals surface area contributed by atoms with Crippen LogP contribution in [0.15, 0.2) is 48.7 Å². The molecule has 3 nitrogen and oxygen atoms in total. The molecule has 0 aliphatic carbocycles. The van der Waals surface area contributed by atoms with Crippen molar-refractivity contribution in [3.8, 4) is 0 Å². The molecule has 6 heteroatoms. The maximum atomic E-state index is 12.9. The first-order chi connectivity index (χ1) is 10.4. The number of anilines is 1. The zero-order chi connectivity index (χ0) is 15.7. The molecule has 0 saturated carbocycles. The maximum Gasteiger partial charge on any atom is 0.418 e. The number of imidazole rings is 1. The van der Waals surface area contributed by atoms with E-state index in [9.17, 15) is 13.2 Å². The molecule has 0 radical (unpaired) electrons. The Morgan fingerprint density at radius 3 is 2.59 bits per heavy atom. The Balaban J connectivity index is 1.84. The Bertz CT molecular complexity index is 806. The largest absolute Gasteiger partial charge is 0.418 e. The second kappa shape index (κ2) is 5.36. The summed E-state index contributed by atoms with van der Waals surface area (Å²) in [5.41, 5.74) is 1.87. The highest BCUT2D eigenvalue weighted by Crippen LogP contribution is 2.34. The summed E-state index contributed by atoms with van der Waals surface area (Å²) in [6, 6.07) is 11.1. The first kappa shape index (κ1) is 14.4. The van der Waals surface area contributed by atoms with E-state index >= 15 is 0 Å². The number of aromatic nitrogens is 2. The molecule has 22 heavy (non-hydrogen) atoms. The number of para-hydroxylation sites is 1. The molecule has 0 unspecified atom stereocenters. The van der Waals surface area contributed by atoms with Crippen LogP contribution in [0.2, 0.25) is 0 Å². The van der Waals surface area contributed by atoms with E-state index in [-0.39, 0.29) is 12.2 Å². The standard InChI is InChI=1S/C16H14F3N3/c1-11-5-4-8-15-21-12(10-22(11)15)9-20-14-7-3-2-6-13(14)16(17,18)19/h2-8,10,20H,9H2,1H3. The van der Waals surface area contributed by atoms with E-state index in [1.54, 1.807) is 6.07 Å². The number of pyridine rings is 1. The van der Waals surface area contributed by atoms with E-state index in [2.05, 4.69) is 10.3 Å². The topological polar surface area (TPSA) is 29.3 Å². The van der Waals surface area contributed by atoms with E-state index in [1.165, 1.54) is 12.1 Å². The van der Waals surface area contributed by atoms with Crippen LogP contribution in [0.5, 0.6) is 0 Å². The van der Waals surface area contributed by atoms with Gasteiger partial charge in [-0.2, -0.15) is 13.2 Å². The zero-order valence-corrected chi connectivity index (χ0v) is 11.9. The summed E-state index contributed by atoms with van der Waals surface area (Å²) in [5, 5.41) is 2.82. The lowest BCUT2D eigenvalue weighted by Crippen LogP contribution is -2.10. The SMILES string of the molecule is Cc1cccc2nc(CNc3ccccc3C(F)(F)F)cn12. The number of halogens is 3. The molecule has 1 N–H and O–H groups in total. The number of aryl methyl sites for hydroxylation is 1. The van der Waals surface area contributed by atoms with Crippen LogP contribution in [0.3, 0.4) is 0 Å². The fourth-order valence-corrected chi connectivity index (χ4v) is 2.35. The lowest BCUT2D eigenvalue weighted by atomic mass is 10.1.